The number of hydrogen-bond donors (Lipinski definition) is 2. The zero-order valence-electron chi connectivity index (χ0n) is 15.9. The van der Waals surface area contributed by atoms with Crippen molar-refractivity contribution in [1.29, 1.82) is 0 Å². The van der Waals surface area contributed by atoms with Gasteiger partial charge in [0.2, 0.25) is 17.6 Å². The summed E-state index contributed by atoms with van der Waals surface area (Å²) in [5.74, 6) is -2.35. The van der Waals surface area contributed by atoms with Gasteiger partial charge in [-0.25, -0.2) is 19.8 Å². The third-order valence-electron chi connectivity index (χ3n) is 3.80. The van der Waals surface area contributed by atoms with E-state index in [4.69, 9.17) is 9.57 Å². The molecule has 0 aliphatic heterocycles. The molecular weight excluding hydrogens is 421 g/mol. The van der Waals surface area contributed by atoms with E-state index in [2.05, 4.69) is 19.7 Å². The van der Waals surface area contributed by atoms with Crippen LogP contribution >= 0.6 is 0 Å². The maximum absolute atomic E-state index is 13.8. The molecule has 9 nitrogen and oxygen atoms in total. The number of aromatic nitrogens is 3. The molecule has 12 heteroatoms. The highest BCUT2D eigenvalue weighted by molar-refractivity contribution is 5.90. The number of ether oxygens (including phenoxy) is 2. The molecule has 0 fully saturated rings. The van der Waals surface area contributed by atoms with E-state index in [0.717, 1.165) is 6.07 Å². The van der Waals surface area contributed by atoms with Gasteiger partial charge >= 0.3 is 12.5 Å². The Hall–Kier alpha value is -3.93. The van der Waals surface area contributed by atoms with Gasteiger partial charge in [0.25, 0.3) is 0 Å². The first-order valence-corrected chi connectivity index (χ1v) is 8.59. The number of hydrogen-bond acceptors (Lipinski definition) is 8. The summed E-state index contributed by atoms with van der Waals surface area (Å²) in [5, 5.41) is 9.80. The minimum Gasteiger partial charge on any atom is -0.497 e. The van der Waals surface area contributed by atoms with Crippen LogP contribution in [0.1, 0.15) is 16.2 Å². The first-order chi connectivity index (χ1) is 14.9. The van der Waals surface area contributed by atoms with Gasteiger partial charge in [-0.2, -0.15) is 13.8 Å². The van der Waals surface area contributed by atoms with Gasteiger partial charge in [0.15, 0.2) is 0 Å². The van der Waals surface area contributed by atoms with Gasteiger partial charge in [0.1, 0.15) is 18.2 Å². The standard InChI is InChI=1S/C19H15F3N4O5/c1-29-12-3-4-13(20)11(6-12)9-30-26-18(28)17-24-14(7-15(27)25-17)10-2-5-16(23-8-10)31-19(21)22/h2-8,19H,9H2,1H3,(H,26,28)(H,24,25,27). The summed E-state index contributed by atoms with van der Waals surface area (Å²) in [5.41, 5.74) is 2.57. The summed E-state index contributed by atoms with van der Waals surface area (Å²) in [7, 11) is 1.42. The maximum Gasteiger partial charge on any atom is 0.388 e. The Morgan fingerprint density at radius 3 is 2.68 bits per heavy atom. The van der Waals surface area contributed by atoms with Gasteiger partial charge in [-0.1, -0.05) is 0 Å². The molecule has 0 unspecified atom stereocenters. The van der Waals surface area contributed by atoms with Crippen molar-refractivity contribution >= 4 is 5.91 Å². The molecule has 0 atom stereocenters. The predicted octanol–water partition coefficient (Wildman–Crippen LogP) is 2.85. The largest absolute Gasteiger partial charge is 0.497 e. The first kappa shape index (κ1) is 21.8. The van der Waals surface area contributed by atoms with Crippen LogP contribution in [0.5, 0.6) is 17.5 Å². The van der Waals surface area contributed by atoms with E-state index in [1.807, 2.05) is 5.48 Å². The zero-order valence-corrected chi connectivity index (χ0v) is 15.9. The van der Waals surface area contributed by atoms with Crippen molar-refractivity contribution in [3.05, 3.63) is 59.8 Å². The second-order valence-electron chi connectivity index (χ2n) is 5.88. The van der Waals surface area contributed by atoms with E-state index in [1.165, 1.54) is 43.6 Å². The van der Waals surface area contributed by atoms with E-state index in [-0.39, 0.29) is 23.7 Å². The average Bonchev–Trinajstić information content (AvgIpc) is 2.74. The third kappa shape index (κ3) is 5.79. The lowest BCUT2D eigenvalue weighted by molar-refractivity contribution is -0.0528. The lowest BCUT2D eigenvalue weighted by atomic mass is 10.2. The van der Waals surface area contributed by atoms with E-state index >= 15 is 0 Å². The number of nitrogens with one attached hydrogen (secondary N) is 1. The number of amides is 1. The number of halogens is 3. The molecule has 0 aliphatic rings. The Balaban J connectivity index is 1.69. The molecule has 2 heterocycles. The highest BCUT2D eigenvalue weighted by atomic mass is 19.3. The van der Waals surface area contributed by atoms with Crippen LogP contribution in [-0.4, -0.2) is 39.7 Å². The summed E-state index contributed by atoms with van der Waals surface area (Å²) in [6.07, 6.45) is 1.17. The van der Waals surface area contributed by atoms with Crippen molar-refractivity contribution in [2.45, 2.75) is 13.2 Å². The van der Waals surface area contributed by atoms with E-state index in [9.17, 15) is 23.1 Å². The normalized spacial score (nSPS) is 10.7. The molecule has 162 valence electrons. The van der Waals surface area contributed by atoms with Crippen molar-refractivity contribution in [1.82, 2.24) is 20.4 Å². The Kier molecular flexibility index (Phi) is 6.82. The molecule has 3 aromatic rings. The highest BCUT2D eigenvalue weighted by Gasteiger charge is 2.15. The van der Waals surface area contributed by atoms with Gasteiger partial charge in [-0.3, -0.25) is 9.63 Å². The van der Waals surface area contributed by atoms with Gasteiger partial charge in [0.05, 0.1) is 12.8 Å². The van der Waals surface area contributed by atoms with Crippen LogP contribution in [0.4, 0.5) is 13.2 Å². The molecule has 2 N–H and O–H groups in total. The molecular formula is C19H15F3N4O5. The van der Waals surface area contributed by atoms with Crippen molar-refractivity contribution in [2.75, 3.05) is 7.11 Å². The number of rotatable bonds is 8. The predicted molar refractivity (Wildman–Crippen MR) is 98.8 cm³/mol. The number of methoxy groups -OCH3 is 1. The number of aromatic hydroxyl groups is 1. The van der Waals surface area contributed by atoms with Crippen molar-refractivity contribution < 1.29 is 37.4 Å². The van der Waals surface area contributed by atoms with Crippen LogP contribution in [0, 0.1) is 5.82 Å². The Labute approximate surface area is 173 Å². The number of nitrogens with zero attached hydrogens (tertiary/aromatic N) is 3. The molecule has 0 spiro atoms. The Bertz CT molecular complexity index is 1070. The Morgan fingerprint density at radius 1 is 1.19 bits per heavy atom. The van der Waals surface area contributed by atoms with Crippen LogP contribution in [0.25, 0.3) is 11.3 Å². The quantitative estimate of drug-likeness (QED) is 0.518. The number of hydroxylamine groups is 1. The fraction of sp³-hybridized carbons (Fsp3) is 0.158. The van der Waals surface area contributed by atoms with E-state index in [0.29, 0.717) is 11.3 Å². The fourth-order valence-electron chi connectivity index (χ4n) is 2.39. The monoisotopic (exact) mass is 436 g/mol. The van der Waals surface area contributed by atoms with Crippen LogP contribution in [0.2, 0.25) is 0 Å². The molecule has 3 rings (SSSR count). The SMILES string of the molecule is COc1ccc(F)c(CONC(=O)c2nc(O)cc(-c3ccc(OC(F)F)nc3)n2)c1. The van der Waals surface area contributed by atoms with Gasteiger partial charge in [-0.15, -0.1) is 0 Å². The molecule has 0 saturated heterocycles. The number of benzene rings is 1. The molecule has 31 heavy (non-hydrogen) atoms. The van der Waals surface area contributed by atoms with Crippen LogP contribution in [-0.2, 0) is 11.4 Å². The Morgan fingerprint density at radius 2 is 2.00 bits per heavy atom. The minimum absolute atomic E-state index is 0.0904. The average molecular weight is 436 g/mol. The number of alkyl halides is 2. The summed E-state index contributed by atoms with van der Waals surface area (Å²) in [6.45, 7) is -3.34. The number of carbonyl (C=O) groups excluding carboxylic acids is 1. The van der Waals surface area contributed by atoms with Gasteiger partial charge < -0.3 is 14.6 Å². The number of carbonyl (C=O) groups is 1. The lowest BCUT2D eigenvalue weighted by Gasteiger charge is -2.09. The fourth-order valence-corrected chi connectivity index (χ4v) is 2.39. The molecule has 0 radical (unpaired) electrons. The lowest BCUT2D eigenvalue weighted by Crippen LogP contribution is -2.26. The summed E-state index contributed by atoms with van der Waals surface area (Å²) >= 11 is 0. The van der Waals surface area contributed by atoms with E-state index in [1.54, 1.807) is 0 Å². The summed E-state index contributed by atoms with van der Waals surface area (Å²) in [4.78, 5) is 28.5. The maximum atomic E-state index is 13.8. The number of pyridine rings is 1. The van der Waals surface area contributed by atoms with Gasteiger partial charge in [-0.05, 0) is 24.3 Å². The molecule has 0 saturated carbocycles. The summed E-state index contributed by atoms with van der Waals surface area (Å²) in [6, 6.07) is 7.70. The minimum atomic E-state index is -3.03. The van der Waals surface area contributed by atoms with Crippen LogP contribution in [0.3, 0.4) is 0 Å². The third-order valence-corrected chi connectivity index (χ3v) is 3.80. The second kappa shape index (κ2) is 9.71. The molecule has 0 aliphatic carbocycles. The van der Waals surface area contributed by atoms with E-state index < -0.39 is 30.0 Å². The van der Waals surface area contributed by atoms with Gasteiger partial charge in [0, 0.05) is 29.5 Å². The first-order valence-electron chi connectivity index (χ1n) is 8.59. The van der Waals surface area contributed by atoms with Crippen LogP contribution < -0.4 is 15.0 Å². The summed E-state index contributed by atoms with van der Waals surface area (Å²) < 4.78 is 47.3. The van der Waals surface area contributed by atoms with Crippen LogP contribution in [0.15, 0.2) is 42.6 Å². The smallest absolute Gasteiger partial charge is 0.388 e. The second-order valence-corrected chi connectivity index (χ2v) is 5.88. The van der Waals surface area contributed by atoms with Crippen molar-refractivity contribution in [3.63, 3.8) is 0 Å². The van der Waals surface area contributed by atoms with Crippen molar-refractivity contribution in [3.8, 4) is 28.8 Å². The molecule has 1 aromatic carbocycles. The molecule has 0 bridgehead atoms. The molecule has 2 aromatic heterocycles. The van der Waals surface area contributed by atoms with Crippen molar-refractivity contribution in [2.24, 2.45) is 0 Å². The topological polar surface area (TPSA) is 116 Å². The highest BCUT2D eigenvalue weighted by Crippen LogP contribution is 2.22. The molecule has 1 amide bonds. The zero-order chi connectivity index (χ0) is 22.4.